The lowest BCUT2D eigenvalue weighted by Crippen LogP contribution is -2.37. The second-order valence-electron chi connectivity index (χ2n) is 6.33. The number of phenolic OH excluding ortho intramolecular Hbond substituents is 1. The topological polar surface area (TPSA) is 70.6 Å². The zero-order valence-corrected chi connectivity index (χ0v) is 15.4. The van der Waals surface area contributed by atoms with Crippen molar-refractivity contribution in [2.75, 3.05) is 20.2 Å². The van der Waals surface area contributed by atoms with Crippen LogP contribution >= 0.6 is 0 Å². The lowest BCUT2D eigenvalue weighted by molar-refractivity contribution is 0.241. The Labute approximate surface area is 159 Å². The van der Waals surface area contributed by atoms with Gasteiger partial charge in [0.2, 0.25) is 0 Å². The van der Waals surface area contributed by atoms with Gasteiger partial charge in [0, 0.05) is 13.1 Å². The van der Waals surface area contributed by atoms with E-state index in [0.29, 0.717) is 25.3 Å². The summed E-state index contributed by atoms with van der Waals surface area (Å²) in [4.78, 5) is 12.0. The predicted octanol–water partition coefficient (Wildman–Crippen LogP) is 3.64. The molecule has 27 heavy (non-hydrogen) atoms. The van der Waals surface area contributed by atoms with Crippen molar-refractivity contribution in [3.63, 3.8) is 0 Å². The molecule has 140 valence electrons. The van der Waals surface area contributed by atoms with Crippen molar-refractivity contribution in [2.45, 2.75) is 12.8 Å². The number of ether oxygens (including phenoxy) is 1. The van der Waals surface area contributed by atoms with Crippen LogP contribution in [0.3, 0.4) is 0 Å². The molecule has 3 aromatic rings. The molecule has 0 aliphatic heterocycles. The molecule has 5 heteroatoms. The quantitative estimate of drug-likeness (QED) is 0.599. The summed E-state index contributed by atoms with van der Waals surface area (Å²) in [6.45, 7) is 1.08. The number of amides is 2. The van der Waals surface area contributed by atoms with Crippen LogP contribution in [0.2, 0.25) is 0 Å². The second-order valence-corrected chi connectivity index (χ2v) is 6.33. The van der Waals surface area contributed by atoms with Crippen molar-refractivity contribution in [3.05, 3.63) is 71.8 Å². The van der Waals surface area contributed by atoms with Gasteiger partial charge in [-0.25, -0.2) is 4.79 Å². The number of fused-ring (bicyclic) bond motifs is 1. The molecule has 3 rings (SSSR count). The molecule has 0 bridgehead atoms. The Hall–Kier alpha value is -3.21. The third kappa shape index (κ3) is 4.91. The van der Waals surface area contributed by atoms with Gasteiger partial charge in [-0.2, -0.15) is 0 Å². The average molecular weight is 364 g/mol. The molecule has 0 fully saturated rings. The highest BCUT2D eigenvalue weighted by atomic mass is 16.5. The number of phenols is 1. The van der Waals surface area contributed by atoms with E-state index in [1.807, 2.05) is 24.3 Å². The van der Waals surface area contributed by atoms with Crippen molar-refractivity contribution < 1.29 is 14.6 Å². The van der Waals surface area contributed by atoms with Gasteiger partial charge in [-0.3, -0.25) is 0 Å². The normalized spacial score (nSPS) is 10.6. The van der Waals surface area contributed by atoms with Gasteiger partial charge in [-0.1, -0.05) is 48.5 Å². The van der Waals surface area contributed by atoms with E-state index in [0.717, 1.165) is 12.0 Å². The fourth-order valence-electron chi connectivity index (χ4n) is 3.08. The van der Waals surface area contributed by atoms with Gasteiger partial charge in [0.25, 0.3) is 0 Å². The van der Waals surface area contributed by atoms with E-state index in [2.05, 4.69) is 34.9 Å². The zero-order chi connectivity index (χ0) is 19.1. The van der Waals surface area contributed by atoms with Crippen molar-refractivity contribution in [2.24, 2.45) is 0 Å². The third-order valence-corrected chi connectivity index (χ3v) is 4.50. The number of benzene rings is 3. The molecule has 0 atom stereocenters. The highest BCUT2D eigenvalue weighted by Gasteiger charge is 2.05. The first kappa shape index (κ1) is 18.6. The molecule has 0 heterocycles. The summed E-state index contributed by atoms with van der Waals surface area (Å²) >= 11 is 0. The van der Waals surface area contributed by atoms with Crippen LogP contribution in [0.4, 0.5) is 4.79 Å². The first-order valence-corrected chi connectivity index (χ1v) is 9.01. The fourth-order valence-corrected chi connectivity index (χ4v) is 3.08. The molecule has 0 aliphatic carbocycles. The lowest BCUT2D eigenvalue weighted by Gasteiger charge is -2.10. The van der Waals surface area contributed by atoms with Crippen LogP contribution in [-0.4, -0.2) is 31.3 Å². The van der Waals surface area contributed by atoms with Crippen LogP contribution in [0.25, 0.3) is 10.8 Å². The van der Waals surface area contributed by atoms with Gasteiger partial charge >= 0.3 is 6.03 Å². The summed E-state index contributed by atoms with van der Waals surface area (Å²) in [5.41, 5.74) is 2.21. The summed E-state index contributed by atoms with van der Waals surface area (Å²) in [7, 11) is 1.51. The Bertz CT molecular complexity index is 919. The van der Waals surface area contributed by atoms with E-state index in [1.54, 1.807) is 12.1 Å². The van der Waals surface area contributed by atoms with Crippen LogP contribution < -0.4 is 15.4 Å². The van der Waals surface area contributed by atoms with E-state index < -0.39 is 0 Å². The third-order valence-electron chi connectivity index (χ3n) is 4.50. The summed E-state index contributed by atoms with van der Waals surface area (Å²) in [6.07, 6.45) is 1.44. The molecule has 0 radical (unpaired) electrons. The number of carbonyl (C=O) groups is 1. The number of rotatable bonds is 7. The largest absolute Gasteiger partial charge is 0.504 e. The van der Waals surface area contributed by atoms with E-state index >= 15 is 0 Å². The smallest absolute Gasteiger partial charge is 0.314 e. The van der Waals surface area contributed by atoms with Gasteiger partial charge in [0.15, 0.2) is 11.5 Å². The number of carbonyl (C=O) groups excluding carboxylic acids is 1. The lowest BCUT2D eigenvalue weighted by atomic mass is 10.0. The molecular weight excluding hydrogens is 340 g/mol. The first-order valence-electron chi connectivity index (χ1n) is 9.01. The Kier molecular flexibility index (Phi) is 6.15. The maximum Gasteiger partial charge on any atom is 0.314 e. The van der Waals surface area contributed by atoms with Crippen molar-refractivity contribution in [1.29, 1.82) is 0 Å². The Balaban J connectivity index is 1.43. The van der Waals surface area contributed by atoms with Gasteiger partial charge in [0.1, 0.15) is 0 Å². The summed E-state index contributed by atoms with van der Waals surface area (Å²) in [5.74, 6) is 0.549. The molecule has 0 aliphatic rings. The maximum absolute atomic E-state index is 12.0. The molecule has 5 nitrogen and oxygen atoms in total. The summed E-state index contributed by atoms with van der Waals surface area (Å²) < 4.78 is 5.09. The highest BCUT2D eigenvalue weighted by Crippen LogP contribution is 2.26. The predicted molar refractivity (Wildman–Crippen MR) is 107 cm³/mol. The van der Waals surface area contributed by atoms with Crippen LogP contribution in [0.5, 0.6) is 11.5 Å². The molecule has 0 unspecified atom stereocenters. The number of hydrogen-bond donors (Lipinski definition) is 3. The fraction of sp³-hybridized carbons (Fsp3) is 0.227. The Morgan fingerprint density at radius 2 is 1.70 bits per heavy atom. The number of methoxy groups -OCH3 is 1. The van der Waals surface area contributed by atoms with Crippen LogP contribution in [0.15, 0.2) is 60.7 Å². The van der Waals surface area contributed by atoms with Crippen LogP contribution in [0, 0.1) is 0 Å². The molecule has 0 saturated carbocycles. The Morgan fingerprint density at radius 3 is 2.52 bits per heavy atom. The number of nitrogens with one attached hydrogen (secondary N) is 2. The SMILES string of the molecule is COc1cc(CCNC(=O)NCCc2cccc3ccccc23)ccc1O. The van der Waals surface area contributed by atoms with Gasteiger partial charge in [0.05, 0.1) is 7.11 Å². The molecule has 2 amide bonds. The van der Waals surface area contributed by atoms with Gasteiger partial charge < -0.3 is 20.5 Å². The molecule has 3 aromatic carbocycles. The van der Waals surface area contributed by atoms with Gasteiger partial charge in [-0.05, 0) is 46.9 Å². The average Bonchev–Trinajstić information content (AvgIpc) is 2.69. The van der Waals surface area contributed by atoms with Crippen molar-refractivity contribution in [1.82, 2.24) is 10.6 Å². The second kappa shape index (κ2) is 8.94. The maximum atomic E-state index is 12.0. The number of aromatic hydroxyl groups is 1. The van der Waals surface area contributed by atoms with Crippen molar-refractivity contribution >= 4 is 16.8 Å². The van der Waals surface area contributed by atoms with E-state index in [-0.39, 0.29) is 11.8 Å². The van der Waals surface area contributed by atoms with Gasteiger partial charge in [-0.15, -0.1) is 0 Å². The van der Waals surface area contributed by atoms with Crippen LogP contribution in [-0.2, 0) is 12.8 Å². The molecule has 0 spiro atoms. The molecule has 0 saturated heterocycles. The standard InChI is InChI=1S/C22H24N2O3/c1-27-21-15-16(9-10-20(21)25)11-13-23-22(26)24-14-12-18-7-4-6-17-5-2-3-8-19(17)18/h2-10,15,25H,11-14H2,1H3,(H2,23,24,26). The molecular formula is C22H24N2O3. The van der Waals surface area contributed by atoms with E-state index in [4.69, 9.17) is 4.74 Å². The molecule has 3 N–H and O–H groups in total. The molecule has 0 aromatic heterocycles. The minimum absolute atomic E-state index is 0.111. The summed E-state index contributed by atoms with van der Waals surface area (Å²) in [5, 5.41) is 17.8. The Morgan fingerprint density at radius 1 is 0.963 bits per heavy atom. The van der Waals surface area contributed by atoms with E-state index in [9.17, 15) is 9.90 Å². The summed E-state index contributed by atoms with van der Waals surface area (Å²) in [6, 6.07) is 19.5. The minimum atomic E-state index is -0.180. The highest BCUT2D eigenvalue weighted by molar-refractivity contribution is 5.85. The van der Waals surface area contributed by atoms with Crippen LogP contribution in [0.1, 0.15) is 11.1 Å². The van der Waals surface area contributed by atoms with E-state index in [1.165, 1.54) is 23.4 Å². The number of urea groups is 1. The van der Waals surface area contributed by atoms with Crippen molar-refractivity contribution in [3.8, 4) is 11.5 Å². The first-order chi connectivity index (χ1) is 13.2. The minimum Gasteiger partial charge on any atom is -0.504 e. The monoisotopic (exact) mass is 364 g/mol. The number of hydrogen-bond acceptors (Lipinski definition) is 3. The zero-order valence-electron chi connectivity index (χ0n) is 15.4.